The number of hydrogen-bond acceptors (Lipinski definition) is 8. The summed E-state index contributed by atoms with van der Waals surface area (Å²) in [5.74, 6) is 0.408. The summed E-state index contributed by atoms with van der Waals surface area (Å²) in [7, 11) is 0. The molecule has 2 fully saturated rings. The molecule has 1 unspecified atom stereocenters. The van der Waals surface area contributed by atoms with Crippen molar-refractivity contribution < 1.29 is 23.5 Å². The summed E-state index contributed by atoms with van der Waals surface area (Å²) in [6.45, 7) is 8.04. The standard InChI is InChI=1S/C37H40ClFN6O4/c1-2-35(46)45-15-7-9-26(22-45)37(47)43-32-20-29-31(21-34(32)48-17-16-44-13-4-3-5-14-44)40-24-41-36(29)42-28-11-12-33(30(38)19-28)49-23-25-8-6-10-27(39)18-25/h2,6,8,10-12,18-21,24,26H,1,3-5,7,9,13-17,22-23H2,(H,43,47)(H,40,41,42). The second kappa shape index (κ2) is 16.1. The number of amides is 2. The maximum absolute atomic E-state index is 13.6. The molecule has 49 heavy (non-hydrogen) atoms. The van der Waals surface area contributed by atoms with E-state index >= 15 is 0 Å². The van der Waals surface area contributed by atoms with Crippen LogP contribution in [0.1, 0.15) is 37.7 Å². The highest BCUT2D eigenvalue weighted by Gasteiger charge is 2.28. The molecule has 1 aromatic heterocycles. The molecule has 3 aromatic carbocycles. The smallest absolute Gasteiger partial charge is 0.245 e. The monoisotopic (exact) mass is 686 g/mol. The first-order chi connectivity index (χ1) is 23.9. The summed E-state index contributed by atoms with van der Waals surface area (Å²) in [6.07, 6.45) is 7.78. The lowest BCUT2D eigenvalue weighted by molar-refractivity contribution is -0.130. The number of carbonyl (C=O) groups is 2. The van der Waals surface area contributed by atoms with Gasteiger partial charge < -0.3 is 25.0 Å². The quantitative estimate of drug-likeness (QED) is 0.154. The zero-order chi connectivity index (χ0) is 34.2. The molecule has 2 N–H and O–H groups in total. The number of carbonyl (C=O) groups excluding carboxylic acids is 2. The fourth-order valence-electron chi connectivity index (χ4n) is 6.24. The highest BCUT2D eigenvalue weighted by molar-refractivity contribution is 6.32. The minimum atomic E-state index is -0.372. The number of nitrogens with zero attached hydrogens (tertiary/aromatic N) is 4. The van der Waals surface area contributed by atoms with Crippen molar-refractivity contribution >= 4 is 51.5 Å². The molecule has 12 heteroatoms. The van der Waals surface area contributed by atoms with Crippen LogP contribution in [0.4, 0.5) is 21.6 Å². The minimum Gasteiger partial charge on any atom is -0.490 e. The fraction of sp³-hybridized carbons (Fsp3) is 0.351. The number of ether oxygens (including phenoxy) is 2. The predicted molar refractivity (Wildman–Crippen MR) is 189 cm³/mol. The van der Waals surface area contributed by atoms with Gasteiger partial charge in [-0.25, -0.2) is 14.4 Å². The van der Waals surface area contributed by atoms with Crippen LogP contribution in [0.3, 0.4) is 0 Å². The van der Waals surface area contributed by atoms with Gasteiger partial charge in [-0.3, -0.25) is 14.5 Å². The fourth-order valence-corrected chi connectivity index (χ4v) is 6.48. The van der Waals surface area contributed by atoms with Gasteiger partial charge in [0.05, 0.1) is 22.1 Å². The molecular weight excluding hydrogens is 647 g/mol. The summed E-state index contributed by atoms with van der Waals surface area (Å²) in [4.78, 5) is 38.9. The molecule has 256 valence electrons. The van der Waals surface area contributed by atoms with Crippen molar-refractivity contribution in [2.45, 2.75) is 38.7 Å². The van der Waals surface area contributed by atoms with Gasteiger partial charge in [0.25, 0.3) is 0 Å². The van der Waals surface area contributed by atoms with E-state index in [0.29, 0.717) is 76.3 Å². The van der Waals surface area contributed by atoms with Crippen molar-refractivity contribution in [3.8, 4) is 11.5 Å². The van der Waals surface area contributed by atoms with Crippen LogP contribution in [0, 0.1) is 11.7 Å². The van der Waals surface area contributed by atoms with Crippen LogP contribution in [0.15, 0.2) is 73.6 Å². The van der Waals surface area contributed by atoms with Crippen molar-refractivity contribution in [2.24, 2.45) is 5.92 Å². The highest BCUT2D eigenvalue weighted by Crippen LogP contribution is 2.35. The van der Waals surface area contributed by atoms with Gasteiger partial charge in [0.2, 0.25) is 11.8 Å². The van der Waals surface area contributed by atoms with Gasteiger partial charge in [0.15, 0.2) is 0 Å². The molecule has 4 aromatic rings. The average molecular weight is 687 g/mol. The molecule has 1 atom stereocenters. The van der Waals surface area contributed by atoms with Crippen LogP contribution in [-0.4, -0.2) is 70.9 Å². The zero-order valence-electron chi connectivity index (χ0n) is 27.3. The largest absolute Gasteiger partial charge is 0.490 e. The molecular formula is C37H40ClFN6O4. The van der Waals surface area contributed by atoms with E-state index in [2.05, 4.69) is 32.1 Å². The van der Waals surface area contributed by atoms with Gasteiger partial charge in [0.1, 0.15) is 42.7 Å². The molecule has 0 aliphatic carbocycles. The van der Waals surface area contributed by atoms with E-state index in [1.54, 1.807) is 35.2 Å². The van der Waals surface area contributed by atoms with E-state index in [1.165, 1.54) is 43.8 Å². The second-order valence-corrected chi connectivity index (χ2v) is 12.8. The van der Waals surface area contributed by atoms with E-state index in [9.17, 15) is 14.0 Å². The van der Waals surface area contributed by atoms with Gasteiger partial charge in [-0.2, -0.15) is 0 Å². The highest BCUT2D eigenvalue weighted by atomic mass is 35.5. The van der Waals surface area contributed by atoms with Crippen LogP contribution in [0.5, 0.6) is 11.5 Å². The molecule has 0 spiro atoms. The Morgan fingerprint density at radius 2 is 1.86 bits per heavy atom. The summed E-state index contributed by atoms with van der Waals surface area (Å²) in [5, 5.41) is 7.44. The number of hydrogen-bond donors (Lipinski definition) is 2. The summed E-state index contributed by atoms with van der Waals surface area (Å²) in [5.41, 5.74) is 2.48. The lowest BCUT2D eigenvalue weighted by Crippen LogP contribution is -2.43. The number of fused-ring (bicyclic) bond motifs is 1. The molecule has 0 saturated carbocycles. The molecule has 3 heterocycles. The molecule has 10 nitrogen and oxygen atoms in total. The third kappa shape index (κ3) is 8.84. The van der Waals surface area contributed by atoms with Crippen LogP contribution in [0.2, 0.25) is 5.02 Å². The third-order valence-corrected chi connectivity index (χ3v) is 9.16. The first-order valence-corrected chi connectivity index (χ1v) is 17.0. The van der Waals surface area contributed by atoms with Crippen LogP contribution < -0.4 is 20.1 Å². The first kappa shape index (κ1) is 34.1. The number of aromatic nitrogens is 2. The Hall–Kier alpha value is -4.74. The van der Waals surface area contributed by atoms with Gasteiger partial charge in [-0.1, -0.05) is 36.7 Å². The van der Waals surface area contributed by atoms with Crippen LogP contribution in [-0.2, 0) is 16.2 Å². The van der Waals surface area contributed by atoms with E-state index < -0.39 is 0 Å². The van der Waals surface area contributed by atoms with Gasteiger partial charge in [-0.15, -0.1) is 0 Å². The number of likely N-dealkylation sites (tertiary alicyclic amines) is 2. The van der Waals surface area contributed by atoms with E-state index in [-0.39, 0.29) is 30.2 Å². The van der Waals surface area contributed by atoms with Gasteiger partial charge >= 0.3 is 0 Å². The Morgan fingerprint density at radius 3 is 2.65 bits per heavy atom. The first-order valence-electron chi connectivity index (χ1n) is 16.7. The summed E-state index contributed by atoms with van der Waals surface area (Å²) < 4.78 is 25.7. The van der Waals surface area contributed by atoms with Crippen LogP contribution in [0.25, 0.3) is 10.9 Å². The summed E-state index contributed by atoms with van der Waals surface area (Å²) in [6, 6.07) is 15.1. The van der Waals surface area contributed by atoms with Crippen molar-refractivity contribution in [1.82, 2.24) is 19.8 Å². The zero-order valence-corrected chi connectivity index (χ0v) is 28.1. The molecule has 0 radical (unpaired) electrons. The number of anilines is 3. The van der Waals surface area contributed by atoms with Gasteiger partial charge in [-0.05, 0) is 86.8 Å². The number of piperidine rings is 2. The topological polar surface area (TPSA) is 109 Å². The Morgan fingerprint density at radius 1 is 1.00 bits per heavy atom. The average Bonchev–Trinajstić information content (AvgIpc) is 3.12. The normalized spacial score (nSPS) is 16.6. The van der Waals surface area contributed by atoms with Crippen molar-refractivity contribution in [3.05, 3.63) is 90.0 Å². The van der Waals surface area contributed by atoms with Crippen LogP contribution >= 0.6 is 11.6 Å². The predicted octanol–water partition coefficient (Wildman–Crippen LogP) is 6.97. The molecule has 2 aliphatic rings. The SMILES string of the molecule is C=CC(=O)N1CCCC(C(=O)Nc2cc3c(Nc4ccc(OCc5cccc(F)c5)c(Cl)c4)ncnc3cc2OCCN2CCCCC2)C1. The van der Waals surface area contributed by atoms with Crippen molar-refractivity contribution in [2.75, 3.05) is 50.0 Å². The molecule has 2 amide bonds. The second-order valence-electron chi connectivity index (χ2n) is 12.3. The number of benzene rings is 3. The van der Waals surface area contributed by atoms with Crippen molar-refractivity contribution in [3.63, 3.8) is 0 Å². The number of nitrogens with one attached hydrogen (secondary N) is 2. The Bertz CT molecular complexity index is 1820. The Kier molecular flexibility index (Phi) is 11.2. The van der Waals surface area contributed by atoms with E-state index in [1.807, 2.05) is 12.1 Å². The summed E-state index contributed by atoms with van der Waals surface area (Å²) >= 11 is 6.56. The van der Waals surface area contributed by atoms with E-state index in [0.717, 1.165) is 26.1 Å². The molecule has 2 saturated heterocycles. The third-order valence-electron chi connectivity index (χ3n) is 8.86. The van der Waals surface area contributed by atoms with Gasteiger partial charge in [0, 0.05) is 36.8 Å². The molecule has 0 bridgehead atoms. The lowest BCUT2D eigenvalue weighted by atomic mass is 9.97. The number of halogens is 2. The van der Waals surface area contributed by atoms with Crippen molar-refractivity contribution in [1.29, 1.82) is 0 Å². The molecule has 6 rings (SSSR count). The number of rotatable bonds is 12. The Balaban J connectivity index is 1.22. The lowest BCUT2D eigenvalue weighted by Gasteiger charge is -2.31. The maximum atomic E-state index is 13.6. The Labute approximate surface area is 290 Å². The molecule has 2 aliphatic heterocycles. The minimum absolute atomic E-state index is 0.168. The maximum Gasteiger partial charge on any atom is 0.245 e. The van der Waals surface area contributed by atoms with E-state index in [4.69, 9.17) is 21.1 Å².